The molecule has 0 N–H and O–H groups in total. The van der Waals surface area contributed by atoms with Gasteiger partial charge in [0.2, 0.25) is 0 Å². The standard InChI is InChI=1S/C28H60SeSi6/c1-30(2,3)26(31(4,5)6)22-19-23(27(32(7,8)9)33(10,11)12)24-21-29-28(25(24)20-22,34(13,14)15)35(16,17)18/h19-20,26-27H,21H2,1-18H3. The Morgan fingerprint density at radius 2 is 0.943 bits per heavy atom. The monoisotopic (exact) mass is 644 g/mol. The van der Waals surface area contributed by atoms with Crippen LogP contribution in [0.15, 0.2) is 12.1 Å². The SMILES string of the molecule is C[Si](C)(C)C(c1cc(C([Si](C)(C)C)[Si](C)(C)C)c2c(c1)C([Si](C)(C)C)([Si](C)(C)C)[Se]C2)[Si](C)(C)C. The van der Waals surface area contributed by atoms with Crippen molar-refractivity contribution in [1.29, 1.82) is 0 Å². The van der Waals surface area contributed by atoms with Crippen LogP contribution in [0, 0.1) is 0 Å². The van der Waals surface area contributed by atoms with Crippen molar-refractivity contribution in [3.05, 3.63) is 34.4 Å². The molecule has 0 amide bonds. The van der Waals surface area contributed by atoms with Gasteiger partial charge in [0, 0.05) is 0 Å². The molecule has 0 bridgehead atoms. The maximum atomic E-state index is 2.89. The van der Waals surface area contributed by atoms with E-state index in [4.69, 9.17) is 0 Å². The van der Waals surface area contributed by atoms with E-state index in [1.807, 2.05) is 16.7 Å². The van der Waals surface area contributed by atoms with Gasteiger partial charge in [0.25, 0.3) is 0 Å². The van der Waals surface area contributed by atoms with Crippen LogP contribution >= 0.6 is 0 Å². The summed E-state index contributed by atoms with van der Waals surface area (Å²) in [6.45, 7) is 48.3. The summed E-state index contributed by atoms with van der Waals surface area (Å²) >= 11 is 0.703. The van der Waals surface area contributed by atoms with Crippen LogP contribution in [-0.4, -0.2) is 63.4 Å². The van der Waals surface area contributed by atoms with Gasteiger partial charge in [0.1, 0.15) is 0 Å². The van der Waals surface area contributed by atoms with Crippen molar-refractivity contribution in [2.75, 3.05) is 0 Å². The first-order valence-electron chi connectivity index (χ1n) is 14.0. The second-order valence-corrected chi connectivity index (χ2v) is 55.4. The molecule has 0 fully saturated rings. The number of hydrogen-bond acceptors (Lipinski definition) is 0. The van der Waals surface area contributed by atoms with Crippen molar-refractivity contribution in [2.24, 2.45) is 0 Å². The molecule has 1 heterocycles. The summed E-state index contributed by atoms with van der Waals surface area (Å²) in [5.74, 6) is 0. The van der Waals surface area contributed by atoms with Crippen LogP contribution in [-0.2, 0) is 8.88 Å². The Balaban J connectivity index is 3.15. The maximum absolute atomic E-state index is 2.89. The third-order valence-electron chi connectivity index (χ3n) is 8.34. The van der Waals surface area contributed by atoms with Gasteiger partial charge >= 0.3 is 235 Å². The fourth-order valence-corrected chi connectivity index (χ4v) is 54.5. The third kappa shape index (κ3) is 6.12. The van der Waals surface area contributed by atoms with E-state index in [0.717, 1.165) is 10.3 Å². The average molecular weight is 644 g/mol. The fraction of sp³-hybridized carbons (Fsp3) is 0.786. The van der Waals surface area contributed by atoms with E-state index in [0.29, 0.717) is 18.5 Å². The van der Waals surface area contributed by atoms with Gasteiger partial charge in [-0.3, -0.25) is 0 Å². The molecule has 0 radical (unpaired) electrons. The molecule has 0 spiro atoms. The van der Waals surface area contributed by atoms with Crippen molar-refractivity contribution < 1.29 is 0 Å². The van der Waals surface area contributed by atoms with E-state index in [-0.39, 0.29) is 0 Å². The summed E-state index contributed by atoms with van der Waals surface area (Å²) in [6.07, 6.45) is 0. The normalized spacial score (nSPS) is 17.9. The van der Waals surface area contributed by atoms with E-state index in [9.17, 15) is 0 Å². The molecular formula is C28H60SeSi6. The van der Waals surface area contributed by atoms with Gasteiger partial charge in [0.15, 0.2) is 0 Å². The first kappa shape index (κ1) is 32.3. The molecule has 7 heteroatoms. The molecule has 1 aliphatic rings. The Bertz CT molecular complexity index is 885. The van der Waals surface area contributed by atoms with E-state index in [2.05, 4.69) is 130 Å². The van der Waals surface area contributed by atoms with Crippen molar-refractivity contribution in [3.8, 4) is 0 Å². The fourth-order valence-electron chi connectivity index (χ4n) is 8.77. The topological polar surface area (TPSA) is 0 Å². The van der Waals surface area contributed by atoms with Crippen molar-refractivity contribution in [3.63, 3.8) is 0 Å². The van der Waals surface area contributed by atoms with Gasteiger partial charge in [-0.15, -0.1) is 0 Å². The Hall–Kier alpha value is 1.04. The molecule has 0 aliphatic carbocycles. The Morgan fingerprint density at radius 3 is 1.26 bits per heavy atom. The molecule has 2 rings (SSSR count). The minimum absolute atomic E-state index is 0.556. The van der Waals surface area contributed by atoms with Gasteiger partial charge in [-0.2, -0.15) is 0 Å². The minimum atomic E-state index is -1.43. The van der Waals surface area contributed by atoms with Gasteiger partial charge in [-0.25, -0.2) is 0 Å². The molecule has 0 nitrogen and oxygen atoms in total. The van der Waals surface area contributed by atoms with Gasteiger partial charge < -0.3 is 0 Å². The van der Waals surface area contributed by atoms with E-state index in [1.165, 1.54) is 5.32 Å². The van der Waals surface area contributed by atoms with E-state index in [1.54, 1.807) is 5.56 Å². The summed E-state index contributed by atoms with van der Waals surface area (Å²) in [5, 5.41) is 3.09. The first-order chi connectivity index (χ1) is 15.2. The van der Waals surface area contributed by atoms with Gasteiger partial charge in [-0.1, -0.05) is 0 Å². The van der Waals surface area contributed by atoms with Crippen LogP contribution in [0.1, 0.15) is 32.6 Å². The zero-order valence-electron chi connectivity index (χ0n) is 26.9. The van der Waals surface area contributed by atoms with Crippen LogP contribution in [0.5, 0.6) is 0 Å². The second-order valence-electron chi connectivity index (χ2n) is 17.9. The predicted octanol–water partition coefficient (Wildman–Crippen LogP) is 9.53. The van der Waals surface area contributed by atoms with Crippen molar-refractivity contribution >= 4 is 63.4 Å². The molecule has 1 aliphatic heterocycles. The Labute approximate surface area is 233 Å². The van der Waals surface area contributed by atoms with Crippen LogP contribution < -0.4 is 0 Å². The average Bonchev–Trinajstić information content (AvgIpc) is 2.89. The zero-order chi connectivity index (χ0) is 27.8. The number of rotatable bonds is 8. The summed E-state index contributed by atoms with van der Waals surface area (Å²) in [6, 6.07) is 5.75. The Morgan fingerprint density at radius 1 is 0.571 bits per heavy atom. The van der Waals surface area contributed by atoms with Crippen LogP contribution in [0.4, 0.5) is 0 Å². The molecule has 0 aromatic heterocycles. The van der Waals surface area contributed by atoms with Gasteiger partial charge in [-0.05, 0) is 0 Å². The summed E-state index contributed by atoms with van der Waals surface area (Å²) in [5.41, 5.74) is 7.44. The summed E-state index contributed by atoms with van der Waals surface area (Å²) in [7, 11) is -8.35. The Kier molecular flexibility index (Phi) is 8.85. The molecule has 0 atom stereocenters. The van der Waals surface area contributed by atoms with Crippen molar-refractivity contribution in [1.82, 2.24) is 0 Å². The molecule has 202 valence electrons. The van der Waals surface area contributed by atoms with Crippen LogP contribution in [0.2, 0.25) is 118 Å². The number of hydrogen-bond donors (Lipinski definition) is 0. The summed E-state index contributed by atoms with van der Waals surface area (Å²) < 4.78 is 0.556. The zero-order valence-corrected chi connectivity index (χ0v) is 34.6. The molecule has 0 saturated carbocycles. The first-order valence-corrected chi connectivity index (χ1v) is 37.4. The van der Waals surface area contributed by atoms with E-state index >= 15 is 0 Å². The summed E-state index contributed by atoms with van der Waals surface area (Å²) in [4.78, 5) is 0. The third-order valence-corrected chi connectivity index (χ3v) is 47.7. The second kappa shape index (κ2) is 9.60. The van der Waals surface area contributed by atoms with E-state index < -0.39 is 48.4 Å². The number of fused-ring (bicyclic) bond motifs is 1. The molecule has 35 heavy (non-hydrogen) atoms. The number of benzene rings is 1. The molecule has 1 aromatic rings. The van der Waals surface area contributed by atoms with Crippen LogP contribution in [0.25, 0.3) is 0 Å². The molecule has 1 aromatic carbocycles. The van der Waals surface area contributed by atoms with Crippen LogP contribution in [0.3, 0.4) is 0 Å². The predicted molar refractivity (Wildman–Crippen MR) is 183 cm³/mol. The quantitative estimate of drug-likeness (QED) is 0.248. The molecule has 0 saturated heterocycles. The molecular weight excluding hydrogens is 584 g/mol. The van der Waals surface area contributed by atoms with Crippen molar-refractivity contribution in [2.45, 2.75) is 137 Å². The molecule has 0 unspecified atom stereocenters. The van der Waals surface area contributed by atoms with Gasteiger partial charge in [0.05, 0.1) is 0 Å².